The lowest BCUT2D eigenvalue weighted by Gasteiger charge is -2.26. The molecule has 0 atom stereocenters. The van der Waals surface area contributed by atoms with Crippen molar-refractivity contribution in [2.24, 2.45) is 0 Å². The molecule has 0 saturated carbocycles. The van der Waals surface area contributed by atoms with Gasteiger partial charge in [0.25, 0.3) is 10.0 Å². The highest BCUT2D eigenvalue weighted by Gasteiger charge is 2.30. The van der Waals surface area contributed by atoms with E-state index < -0.39 is 38.3 Å². The quantitative estimate of drug-likeness (QED) is 0.415. The highest BCUT2D eigenvalue weighted by Crippen LogP contribution is 2.30. The lowest BCUT2D eigenvalue weighted by molar-refractivity contribution is -0.114. The van der Waals surface area contributed by atoms with Crippen LogP contribution < -0.4 is 14.4 Å². The SMILES string of the molecule is COc1ccc(S(=O)(=O)N2CCOCC2)cc1NC(=O)CN(c1ccccc1F)S(=O)(=O)c1ccc(C)cc1. The normalized spacial score (nSPS) is 14.5. The number of para-hydroxylation sites is 1. The van der Waals surface area contributed by atoms with E-state index in [0.717, 1.165) is 11.6 Å². The first-order chi connectivity index (χ1) is 18.5. The van der Waals surface area contributed by atoms with Crippen LogP contribution >= 0.6 is 0 Å². The third-order valence-electron chi connectivity index (χ3n) is 6.07. The molecule has 39 heavy (non-hydrogen) atoms. The number of halogens is 1. The van der Waals surface area contributed by atoms with Crippen LogP contribution in [0.5, 0.6) is 5.75 Å². The lowest BCUT2D eigenvalue weighted by Crippen LogP contribution is -2.40. The highest BCUT2D eigenvalue weighted by atomic mass is 32.2. The number of morpholine rings is 1. The van der Waals surface area contributed by atoms with Gasteiger partial charge in [-0.05, 0) is 49.4 Å². The van der Waals surface area contributed by atoms with E-state index in [1.807, 2.05) is 0 Å². The van der Waals surface area contributed by atoms with Crippen LogP contribution in [0.25, 0.3) is 0 Å². The number of rotatable bonds is 9. The van der Waals surface area contributed by atoms with E-state index in [1.165, 1.54) is 59.9 Å². The number of carbonyl (C=O) groups excluding carboxylic acids is 1. The molecule has 0 bridgehead atoms. The van der Waals surface area contributed by atoms with E-state index in [1.54, 1.807) is 19.1 Å². The maximum atomic E-state index is 14.8. The van der Waals surface area contributed by atoms with Gasteiger partial charge in [-0.15, -0.1) is 0 Å². The summed E-state index contributed by atoms with van der Waals surface area (Å²) >= 11 is 0. The van der Waals surface area contributed by atoms with Gasteiger partial charge in [-0.1, -0.05) is 29.8 Å². The summed E-state index contributed by atoms with van der Waals surface area (Å²) in [5.74, 6) is -1.52. The second-order valence-electron chi connectivity index (χ2n) is 8.70. The third-order valence-corrected chi connectivity index (χ3v) is 9.74. The first-order valence-electron chi connectivity index (χ1n) is 11.9. The van der Waals surface area contributed by atoms with Gasteiger partial charge in [0.05, 0.1) is 41.5 Å². The summed E-state index contributed by atoms with van der Waals surface area (Å²) in [6.07, 6.45) is 0. The Balaban J connectivity index is 1.66. The average molecular weight is 578 g/mol. The highest BCUT2D eigenvalue weighted by molar-refractivity contribution is 7.92. The minimum atomic E-state index is -4.36. The van der Waals surface area contributed by atoms with E-state index in [2.05, 4.69) is 5.32 Å². The van der Waals surface area contributed by atoms with Crippen molar-refractivity contribution in [3.05, 3.63) is 78.1 Å². The largest absolute Gasteiger partial charge is 0.495 e. The lowest BCUT2D eigenvalue weighted by atomic mass is 10.2. The first-order valence-corrected chi connectivity index (χ1v) is 14.8. The monoisotopic (exact) mass is 577 g/mol. The van der Waals surface area contributed by atoms with Gasteiger partial charge < -0.3 is 14.8 Å². The molecule has 10 nitrogen and oxygen atoms in total. The first kappa shape index (κ1) is 28.5. The molecular formula is C26H28FN3O7S2. The Hall–Kier alpha value is -3.52. The fourth-order valence-electron chi connectivity index (χ4n) is 3.99. The molecule has 1 aliphatic heterocycles. The Labute approximate surface area is 227 Å². The molecule has 0 radical (unpaired) electrons. The van der Waals surface area contributed by atoms with Crippen molar-refractivity contribution in [2.75, 3.05) is 49.6 Å². The zero-order valence-electron chi connectivity index (χ0n) is 21.3. The van der Waals surface area contributed by atoms with Crippen LogP contribution in [0.15, 0.2) is 76.5 Å². The molecule has 13 heteroatoms. The van der Waals surface area contributed by atoms with Crippen molar-refractivity contribution in [3.8, 4) is 5.75 Å². The van der Waals surface area contributed by atoms with E-state index in [4.69, 9.17) is 9.47 Å². The van der Waals surface area contributed by atoms with Gasteiger partial charge in [0.2, 0.25) is 15.9 Å². The number of hydrogen-bond donors (Lipinski definition) is 1. The van der Waals surface area contributed by atoms with E-state index in [-0.39, 0.29) is 53.2 Å². The Kier molecular flexibility index (Phi) is 8.54. The van der Waals surface area contributed by atoms with Gasteiger partial charge in [0, 0.05) is 13.1 Å². The van der Waals surface area contributed by atoms with Crippen molar-refractivity contribution in [3.63, 3.8) is 0 Å². The molecule has 1 fully saturated rings. The molecule has 1 heterocycles. The molecule has 1 saturated heterocycles. The summed E-state index contributed by atoms with van der Waals surface area (Å²) in [7, 11) is -6.90. The maximum absolute atomic E-state index is 14.8. The predicted octanol–water partition coefficient (Wildman–Crippen LogP) is 3.00. The maximum Gasteiger partial charge on any atom is 0.264 e. The Morgan fingerprint density at radius 2 is 1.64 bits per heavy atom. The molecule has 208 valence electrons. The number of sulfonamides is 2. The Morgan fingerprint density at radius 3 is 2.28 bits per heavy atom. The summed E-state index contributed by atoms with van der Waals surface area (Å²) in [4.78, 5) is 13.0. The molecule has 0 spiro atoms. The summed E-state index contributed by atoms with van der Waals surface area (Å²) in [6.45, 7) is 1.90. The number of carbonyl (C=O) groups is 1. The van der Waals surface area contributed by atoms with Gasteiger partial charge in [0.1, 0.15) is 18.1 Å². The second-order valence-corrected chi connectivity index (χ2v) is 12.5. The number of hydrogen-bond acceptors (Lipinski definition) is 7. The summed E-state index contributed by atoms with van der Waals surface area (Å²) in [5.41, 5.74) is 0.519. The van der Waals surface area contributed by atoms with Gasteiger partial charge in [-0.3, -0.25) is 9.10 Å². The number of methoxy groups -OCH3 is 1. The number of amides is 1. The van der Waals surface area contributed by atoms with Crippen molar-refractivity contribution in [1.29, 1.82) is 0 Å². The topological polar surface area (TPSA) is 122 Å². The average Bonchev–Trinajstić information content (AvgIpc) is 2.93. The number of anilines is 2. The van der Waals surface area contributed by atoms with Crippen molar-refractivity contribution >= 4 is 37.3 Å². The smallest absolute Gasteiger partial charge is 0.264 e. The molecule has 3 aromatic rings. The fraction of sp³-hybridized carbons (Fsp3) is 0.269. The van der Waals surface area contributed by atoms with Crippen molar-refractivity contribution in [2.45, 2.75) is 16.7 Å². The number of aryl methyl sites for hydroxylation is 1. The molecule has 0 aromatic heterocycles. The fourth-order valence-corrected chi connectivity index (χ4v) is 6.86. The van der Waals surface area contributed by atoms with E-state index in [9.17, 15) is 26.0 Å². The van der Waals surface area contributed by atoms with Gasteiger partial charge in [-0.2, -0.15) is 4.31 Å². The van der Waals surface area contributed by atoms with Crippen LogP contribution in [-0.4, -0.2) is 67.0 Å². The summed E-state index contributed by atoms with van der Waals surface area (Å²) in [5, 5.41) is 2.53. The molecule has 3 aromatic carbocycles. The minimum absolute atomic E-state index is 0.0121. The van der Waals surface area contributed by atoms with Gasteiger partial charge in [0.15, 0.2) is 0 Å². The Bertz CT molecular complexity index is 1560. The summed E-state index contributed by atoms with van der Waals surface area (Å²) in [6, 6.07) is 15.1. The van der Waals surface area contributed by atoms with E-state index >= 15 is 0 Å². The molecular weight excluding hydrogens is 549 g/mol. The van der Waals surface area contributed by atoms with Crippen molar-refractivity contribution < 1.29 is 35.5 Å². The zero-order chi connectivity index (χ0) is 28.2. The standard InChI is InChI=1S/C26H28FN3O7S2/c1-19-7-9-20(10-8-19)39(34,35)30(24-6-4-3-5-22(24)27)18-26(31)28-23-17-21(11-12-25(23)36-2)38(32,33)29-13-15-37-16-14-29/h3-12,17H,13-16,18H2,1-2H3,(H,28,31). The van der Waals surface area contributed by atoms with Gasteiger partial charge >= 0.3 is 0 Å². The van der Waals surface area contributed by atoms with Crippen LogP contribution in [0.1, 0.15) is 5.56 Å². The molecule has 1 amide bonds. The van der Waals surface area contributed by atoms with Crippen LogP contribution in [-0.2, 0) is 29.6 Å². The van der Waals surface area contributed by atoms with Gasteiger partial charge in [-0.25, -0.2) is 21.2 Å². The molecule has 0 aliphatic carbocycles. The van der Waals surface area contributed by atoms with Crippen LogP contribution in [0.2, 0.25) is 0 Å². The predicted molar refractivity (Wildman–Crippen MR) is 143 cm³/mol. The van der Waals surface area contributed by atoms with Crippen molar-refractivity contribution in [1.82, 2.24) is 4.31 Å². The van der Waals surface area contributed by atoms with E-state index in [0.29, 0.717) is 4.31 Å². The summed E-state index contributed by atoms with van der Waals surface area (Å²) < 4.78 is 80.5. The van der Waals surface area contributed by atoms with Crippen LogP contribution in [0.3, 0.4) is 0 Å². The number of ether oxygens (including phenoxy) is 2. The third kappa shape index (κ3) is 6.22. The van der Waals surface area contributed by atoms with Crippen LogP contribution in [0.4, 0.5) is 15.8 Å². The van der Waals surface area contributed by atoms with Crippen LogP contribution in [0, 0.1) is 12.7 Å². The molecule has 1 N–H and O–H groups in total. The second kappa shape index (κ2) is 11.7. The minimum Gasteiger partial charge on any atom is -0.495 e. The molecule has 1 aliphatic rings. The Morgan fingerprint density at radius 1 is 1.00 bits per heavy atom. The number of nitrogens with zero attached hydrogens (tertiary/aromatic N) is 2. The number of benzene rings is 3. The number of nitrogens with one attached hydrogen (secondary N) is 1. The zero-order valence-corrected chi connectivity index (χ0v) is 23.0. The molecule has 4 rings (SSSR count). The molecule has 0 unspecified atom stereocenters.